The van der Waals surface area contributed by atoms with Gasteiger partial charge in [0.1, 0.15) is 30.2 Å². The van der Waals surface area contributed by atoms with Crippen molar-refractivity contribution in [1.29, 1.82) is 0 Å². The molecule has 0 amide bonds. The number of rotatable bonds is 5. The first kappa shape index (κ1) is 17.5. The fraction of sp³-hybridized carbons (Fsp3) is 0.500. The maximum absolute atomic E-state index is 10.8. The largest absolute Gasteiger partial charge is 0.469 e. The second kappa shape index (κ2) is 6.54. The molecule has 134 valence electrons. The predicted octanol–water partition coefficient (Wildman–Crippen LogP) is -0.545. The number of aliphatic hydroxyl groups excluding tert-OH is 1. The maximum Gasteiger partial charge on any atom is 0.469 e. The van der Waals surface area contributed by atoms with E-state index >= 15 is 0 Å². The van der Waals surface area contributed by atoms with Crippen LogP contribution in [0.4, 0.5) is 5.82 Å². The minimum absolute atomic E-state index is 0.129. The third-order valence-electron chi connectivity index (χ3n) is 3.59. The van der Waals surface area contributed by atoms with Crippen molar-refractivity contribution >= 4 is 24.8 Å². The quantitative estimate of drug-likeness (QED) is 0.227. The molecule has 0 aliphatic carbocycles. The number of aromatic nitrogens is 4. The van der Waals surface area contributed by atoms with E-state index in [0.717, 1.165) is 0 Å². The fourth-order valence-electron chi connectivity index (χ4n) is 2.51. The molecule has 0 aromatic carbocycles. The highest BCUT2D eigenvalue weighted by Gasteiger charge is 2.45. The molecule has 1 aliphatic rings. The highest BCUT2D eigenvalue weighted by atomic mass is 31.2. The van der Waals surface area contributed by atoms with Crippen molar-refractivity contribution in [2.24, 2.45) is 5.11 Å². The van der Waals surface area contributed by atoms with Crippen LogP contribution in [0.1, 0.15) is 6.23 Å². The summed E-state index contributed by atoms with van der Waals surface area (Å²) in [6.07, 6.45) is -1.03. The van der Waals surface area contributed by atoms with Gasteiger partial charge in [-0.25, -0.2) is 19.5 Å². The van der Waals surface area contributed by atoms with Gasteiger partial charge >= 0.3 is 7.82 Å². The number of nitrogens with zero attached hydrogens (tertiary/aromatic N) is 7. The van der Waals surface area contributed by atoms with Gasteiger partial charge in [-0.2, -0.15) is 0 Å². The van der Waals surface area contributed by atoms with E-state index in [1.54, 1.807) is 0 Å². The van der Waals surface area contributed by atoms with Crippen LogP contribution in [0.25, 0.3) is 21.6 Å². The van der Waals surface area contributed by atoms with E-state index in [4.69, 9.17) is 25.8 Å². The Morgan fingerprint density at radius 3 is 2.92 bits per heavy atom. The fourth-order valence-corrected chi connectivity index (χ4v) is 2.85. The molecule has 14 nitrogen and oxygen atoms in total. The van der Waals surface area contributed by atoms with Crippen LogP contribution in [0.15, 0.2) is 17.8 Å². The molecule has 0 saturated carbocycles. The number of nitrogen functional groups attached to an aromatic ring is 1. The summed E-state index contributed by atoms with van der Waals surface area (Å²) < 4.78 is 22.1. The molecule has 1 aliphatic heterocycles. The molecule has 0 unspecified atom stereocenters. The Balaban J connectivity index is 1.94. The Morgan fingerprint density at radius 1 is 1.48 bits per heavy atom. The predicted molar refractivity (Wildman–Crippen MR) is 80.6 cm³/mol. The van der Waals surface area contributed by atoms with Crippen molar-refractivity contribution in [1.82, 2.24) is 19.5 Å². The van der Waals surface area contributed by atoms with E-state index in [9.17, 15) is 9.67 Å². The number of phosphoric acid groups is 1. The highest BCUT2D eigenvalue weighted by molar-refractivity contribution is 7.46. The number of ether oxygens (including phenoxy) is 1. The molecule has 1 fully saturated rings. The number of phosphoric ester groups is 1. The van der Waals surface area contributed by atoms with Gasteiger partial charge in [0.15, 0.2) is 11.5 Å². The lowest BCUT2D eigenvalue weighted by molar-refractivity contribution is -0.0429. The molecule has 15 heteroatoms. The van der Waals surface area contributed by atoms with Gasteiger partial charge in [-0.1, -0.05) is 5.11 Å². The average molecular weight is 372 g/mol. The summed E-state index contributed by atoms with van der Waals surface area (Å²) >= 11 is 0. The molecule has 0 radical (unpaired) electrons. The van der Waals surface area contributed by atoms with Crippen LogP contribution in [0.3, 0.4) is 0 Å². The normalized spacial score (nSPS) is 26.7. The molecular weight excluding hydrogens is 359 g/mol. The summed E-state index contributed by atoms with van der Waals surface area (Å²) in [6.45, 7) is -0.608. The zero-order chi connectivity index (χ0) is 18.2. The van der Waals surface area contributed by atoms with Crippen LogP contribution in [0.2, 0.25) is 0 Å². The topological polar surface area (TPSA) is 215 Å². The first-order valence-corrected chi connectivity index (χ1v) is 8.35. The highest BCUT2D eigenvalue weighted by Crippen LogP contribution is 2.39. The van der Waals surface area contributed by atoms with Crippen molar-refractivity contribution in [3.63, 3.8) is 0 Å². The Kier molecular flexibility index (Phi) is 4.58. The second-order valence-corrected chi connectivity index (χ2v) is 6.36. The van der Waals surface area contributed by atoms with Gasteiger partial charge in [0.05, 0.1) is 19.0 Å². The monoisotopic (exact) mass is 372 g/mol. The van der Waals surface area contributed by atoms with Crippen molar-refractivity contribution in [2.45, 2.75) is 24.5 Å². The number of nitrogens with two attached hydrogens (primary N) is 1. The summed E-state index contributed by atoms with van der Waals surface area (Å²) in [6, 6.07) is -1.11. The van der Waals surface area contributed by atoms with Crippen LogP contribution in [0, 0.1) is 0 Å². The van der Waals surface area contributed by atoms with Gasteiger partial charge in [-0.05, 0) is 5.53 Å². The van der Waals surface area contributed by atoms with Gasteiger partial charge in [-0.15, -0.1) is 0 Å². The summed E-state index contributed by atoms with van der Waals surface area (Å²) in [5, 5.41) is 13.8. The Bertz CT molecular complexity index is 877. The van der Waals surface area contributed by atoms with E-state index in [1.807, 2.05) is 0 Å². The van der Waals surface area contributed by atoms with Gasteiger partial charge < -0.3 is 25.4 Å². The van der Waals surface area contributed by atoms with E-state index in [-0.39, 0.29) is 17.0 Å². The smallest absolute Gasteiger partial charge is 0.390 e. The zero-order valence-electron chi connectivity index (χ0n) is 12.4. The van der Waals surface area contributed by atoms with Crippen molar-refractivity contribution in [3.8, 4) is 0 Å². The second-order valence-electron chi connectivity index (χ2n) is 5.12. The van der Waals surface area contributed by atoms with E-state index < -0.39 is 38.9 Å². The zero-order valence-corrected chi connectivity index (χ0v) is 13.3. The third kappa shape index (κ3) is 3.41. The molecular formula is C10H13N8O6P. The van der Waals surface area contributed by atoms with Crippen molar-refractivity contribution in [2.75, 3.05) is 12.3 Å². The molecule has 2 aromatic heterocycles. The number of aliphatic hydroxyl groups is 1. The molecule has 3 heterocycles. The van der Waals surface area contributed by atoms with E-state index in [2.05, 4.69) is 29.5 Å². The van der Waals surface area contributed by atoms with Crippen molar-refractivity contribution in [3.05, 3.63) is 23.1 Å². The van der Waals surface area contributed by atoms with Crippen LogP contribution < -0.4 is 5.73 Å². The lowest BCUT2D eigenvalue weighted by atomic mass is 10.1. The standard InChI is InChI=1S/C10H13N8O6P/c11-8-6-9(14-2-13-8)18(3-15-6)10-5(16-17-12)7(19)4(24-10)1-23-25(20,21)22/h2-5,7,10,19H,1H2,(H2,11,13,14)(H2,20,21,22)/t4-,5-,7-,10-/m1/s1. The number of hydrogen-bond acceptors (Lipinski definition) is 9. The molecule has 5 N–H and O–H groups in total. The first-order valence-electron chi connectivity index (χ1n) is 6.82. The minimum atomic E-state index is -4.76. The molecule has 3 rings (SSSR count). The van der Waals surface area contributed by atoms with Crippen LogP contribution in [0.5, 0.6) is 0 Å². The Hall–Kier alpha value is -2.31. The lowest BCUT2D eigenvalue weighted by Crippen LogP contribution is -2.32. The lowest BCUT2D eigenvalue weighted by Gasteiger charge is -2.17. The number of anilines is 1. The summed E-state index contributed by atoms with van der Waals surface area (Å²) in [5.74, 6) is 0.129. The molecule has 2 aromatic rings. The number of hydrogen-bond donors (Lipinski definition) is 4. The molecule has 4 atom stereocenters. The van der Waals surface area contributed by atoms with Gasteiger partial charge in [0, 0.05) is 4.91 Å². The van der Waals surface area contributed by atoms with Gasteiger partial charge in [0.2, 0.25) is 0 Å². The molecule has 25 heavy (non-hydrogen) atoms. The van der Waals surface area contributed by atoms with Crippen LogP contribution >= 0.6 is 7.82 Å². The maximum atomic E-state index is 10.8. The average Bonchev–Trinajstić information content (AvgIpc) is 3.09. The minimum Gasteiger partial charge on any atom is -0.390 e. The van der Waals surface area contributed by atoms with Gasteiger partial charge in [-0.3, -0.25) is 9.09 Å². The number of fused-ring (bicyclic) bond motifs is 1. The number of imidazole rings is 1. The summed E-state index contributed by atoms with van der Waals surface area (Å²) in [5.41, 5.74) is 15.0. The first-order chi connectivity index (χ1) is 11.8. The van der Waals surface area contributed by atoms with Crippen LogP contribution in [-0.4, -0.2) is 59.3 Å². The third-order valence-corrected chi connectivity index (χ3v) is 4.08. The van der Waals surface area contributed by atoms with Crippen molar-refractivity contribution < 1.29 is 28.7 Å². The van der Waals surface area contributed by atoms with Crippen LogP contribution in [-0.2, 0) is 13.8 Å². The Labute approximate surface area is 139 Å². The molecule has 0 bridgehead atoms. The van der Waals surface area contributed by atoms with E-state index in [1.165, 1.54) is 17.2 Å². The summed E-state index contributed by atoms with van der Waals surface area (Å²) in [7, 11) is -4.76. The molecule has 0 spiro atoms. The Morgan fingerprint density at radius 2 is 2.24 bits per heavy atom. The molecule has 1 saturated heterocycles. The SMILES string of the molecule is [N-]=[N+]=N[C@@H]1[C@H](O)[C@@H](COP(=O)(O)O)O[C@H]1n1cnc2c(N)ncnc21. The number of azide groups is 1. The summed E-state index contributed by atoms with van der Waals surface area (Å²) in [4.78, 5) is 32.1. The van der Waals surface area contributed by atoms with E-state index in [0.29, 0.717) is 0 Å². The van der Waals surface area contributed by atoms with Gasteiger partial charge in [0.25, 0.3) is 0 Å².